The summed E-state index contributed by atoms with van der Waals surface area (Å²) in [4.78, 5) is 19.2. The van der Waals surface area contributed by atoms with Crippen molar-refractivity contribution in [1.82, 2.24) is 20.3 Å². The molecule has 0 bridgehead atoms. The van der Waals surface area contributed by atoms with E-state index in [1.54, 1.807) is 48.5 Å². The van der Waals surface area contributed by atoms with Gasteiger partial charge < -0.3 is 9.73 Å². The molecule has 2 N–H and O–H groups in total. The first-order valence-corrected chi connectivity index (χ1v) is 10.1. The molecule has 3 aromatic heterocycles. The smallest absolute Gasteiger partial charge is 0.270 e. The minimum Gasteiger partial charge on any atom is -0.455 e. The fraction of sp³-hybridized carbons (Fsp3) is 0. The Balaban J connectivity index is 1.36. The number of non-ortho nitro benzene ring substituents is 1. The largest absolute Gasteiger partial charge is 0.455 e. The molecule has 0 radical (unpaired) electrons. The molecule has 34 heavy (non-hydrogen) atoms. The molecule has 0 unspecified atom stereocenters. The minimum absolute atomic E-state index is 0.0252. The third-order valence-corrected chi connectivity index (χ3v) is 4.80. The lowest BCUT2D eigenvalue weighted by Crippen LogP contribution is -2.03. The van der Waals surface area contributed by atoms with Crippen LogP contribution in [0.4, 0.5) is 23.0 Å². The molecule has 0 aliphatic heterocycles. The van der Waals surface area contributed by atoms with Crippen molar-refractivity contribution >= 4 is 52.1 Å². The van der Waals surface area contributed by atoms with E-state index in [1.807, 2.05) is 0 Å². The Morgan fingerprint density at radius 2 is 1.76 bits per heavy atom. The monoisotopic (exact) mass is 476 g/mol. The number of hydrazone groups is 1. The molecular weight excluding hydrogens is 464 g/mol. The molecule has 0 fully saturated rings. The lowest BCUT2D eigenvalue weighted by molar-refractivity contribution is -0.384. The molecule has 0 spiro atoms. The summed E-state index contributed by atoms with van der Waals surface area (Å²) < 4.78 is 10.4. The fourth-order valence-electron chi connectivity index (χ4n) is 2.98. The van der Waals surface area contributed by atoms with Gasteiger partial charge in [0.05, 0.1) is 11.1 Å². The first kappa shape index (κ1) is 21.0. The van der Waals surface area contributed by atoms with Gasteiger partial charge in [-0.05, 0) is 46.7 Å². The van der Waals surface area contributed by atoms with Crippen molar-refractivity contribution < 1.29 is 14.0 Å². The van der Waals surface area contributed by atoms with Gasteiger partial charge in [0, 0.05) is 28.4 Å². The number of nitro benzene ring substituents is 1. The highest BCUT2D eigenvalue weighted by Crippen LogP contribution is 2.26. The van der Waals surface area contributed by atoms with Gasteiger partial charge in [-0.2, -0.15) is 10.1 Å². The zero-order valence-electron chi connectivity index (χ0n) is 17.0. The molecule has 12 nitrogen and oxygen atoms in total. The number of hydrogen-bond donors (Lipinski definition) is 2. The molecule has 5 aromatic rings. The molecule has 0 amide bonds. The normalized spacial score (nSPS) is 11.2. The van der Waals surface area contributed by atoms with Gasteiger partial charge in [0.25, 0.3) is 5.69 Å². The number of nitro groups is 1. The van der Waals surface area contributed by atoms with Crippen LogP contribution in [0.5, 0.6) is 0 Å². The SMILES string of the molecule is O=[N+]([O-])c1cccc(-c2ccc(/C=N/Nc3nc4nonc4nc3Nc3ccc(Cl)cc3)o2)c1. The topological polar surface area (TPSA) is 157 Å². The molecule has 0 saturated carbocycles. The van der Waals surface area contributed by atoms with Crippen LogP contribution < -0.4 is 10.7 Å². The summed E-state index contributed by atoms with van der Waals surface area (Å²) in [7, 11) is 0. The number of nitrogens with one attached hydrogen (secondary N) is 2. The number of hydrogen-bond acceptors (Lipinski definition) is 11. The summed E-state index contributed by atoms with van der Waals surface area (Å²) >= 11 is 5.94. The summed E-state index contributed by atoms with van der Waals surface area (Å²) in [5, 5.41) is 26.3. The first-order chi connectivity index (χ1) is 16.5. The second-order valence-corrected chi connectivity index (χ2v) is 7.28. The Bertz CT molecular complexity index is 1510. The van der Waals surface area contributed by atoms with E-state index >= 15 is 0 Å². The fourth-order valence-corrected chi connectivity index (χ4v) is 3.11. The maximum absolute atomic E-state index is 11.0. The van der Waals surface area contributed by atoms with E-state index in [0.717, 1.165) is 0 Å². The maximum atomic E-state index is 11.0. The number of fused-ring (bicyclic) bond motifs is 1. The van der Waals surface area contributed by atoms with Crippen molar-refractivity contribution in [3.05, 3.63) is 81.6 Å². The Morgan fingerprint density at radius 1 is 1.00 bits per heavy atom. The zero-order chi connectivity index (χ0) is 23.5. The Morgan fingerprint density at radius 3 is 2.53 bits per heavy atom. The highest BCUT2D eigenvalue weighted by molar-refractivity contribution is 6.30. The van der Waals surface area contributed by atoms with E-state index in [4.69, 9.17) is 16.0 Å². The lowest BCUT2D eigenvalue weighted by Gasteiger charge is -2.09. The summed E-state index contributed by atoms with van der Waals surface area (Å²) in [6, 6.07) is 16.6. The molecule has 5 rings (SSSR count). The van der Waals surface area contributed by atoms with Crippen LogP contribution in [0.3, 0.4) is 0 Å². The summed E-state index contributed by atoms with van der Waals surface area (Å²) in [5.74, 6) is 1.47. The standard InChI is InChI=1S/C21H13ClN8O4/c22-13-4-6-14(7-5-13)24-18-19(26-21-20(25-18)28-34-29-21)27-23-11-16-8-9-17(33-16)12-2-1-3-15(10-12)30(31)32/h1-11H,(H,24,25,28)(H,26,27,29)/b23-11+. The van der Waals surface area contributed by atoms with Gasteiger partial charge in [0.2, 0.25) is 11.3 Å². The second-order valence-electron chi connectivity index (χ2n) is 6.84. The molecule has 0 atom stereocenters. The van der Waals surface area contributed by atoms with Gasteiger partial charge in [-0.15, -0.1) is 0 Å². The quantitative estimate of drug-likeness (QED) is 0.185. The number of furan rings is 1. The zero-order valence-corrected chi connectivity index (χ0v) is 17.8. The third kappa shape index (κ3) is 4.52. The Hall–Kier alpha value is -4.84. The van der Waals surface area contributed by atoms with Gasteiger partial charge in [0.15, 0.2) is 11.6 Å². The van der Waals surface area contributed by atoms with Crippen LogP contribution >= 0.6 is 11.6 Å². The average molecular weight is 477 g/mol. The highest BCUT2D eigenvalue weighted by atomic mass is 35.5. The molecule has 0 aliphatic rings. The molecular formula is C21H13ClN8O4. The van der Waals surface area contributed by atoms with Crippen molar-refractivity contribution in [3.63, 3.8) is 0 Å². The van der Waals surface area contributed by atoms with Crippen LogP contribution in [0.25, 0.3) is 22.6 Å². The van der Waals surface area contributed by atoms with Gasteiger partial charge in [-0.3, -0.25) is 15.5 Å². The van der Waals surface area contributed by atoms with Crippen molar-refractivity contribution in [2.45, 2.75) is 0 Å². The number of halogens is 1. The molecule has 2 aromatic carbocycles. The van der Waals surface area contributed by atoms with Crippen molar-refractivity contribution in [1.29, 1.82) is 0 Å². The third-order valence-electron chi connectivity index (χ3n) is 4.55. The minimum atomic E-state index is -0.462. The van der Waals surface area contributed by atoms with E-state index < -0.39 is 4.92 Å². The number of aromatic nitrogens is 4. The van der Waals surface area contributed by atoms with E-state index in [2.05, 4.69) is 40.8 Å². The van der Waals surface area contributed by atoms with E-state index in [0.29, 0.717) is 33.6 Å². The van der Waals surface area contributed by atoms with Crippen LogP contribution in [0.2, 0.25) is 5.02 Å². The molecule has 3 heterocycles. The molecule has 0 saturated heterocycles. The van der Waals surface area contributed by atoms with Crippen LogP contribution in [0.15, 0.2) is 74.8 Å². The first-order valence-electron chi connectivity index (χ1n) is 9.72. The van der Waals surface area contributed by atoms with Crippen LogP contribution in [-0.2, 0) is 0 Å². The Labute approximate surface area is 195 Å². The number of nitrogens with zero attached hydrogens (tertiary/aromatic N) is 6. The number of rotatable bonds is 7. The van der Waals surface area contributed by atoms with E-state index in [-0.39, 0.29) is 22.8 Å². The highest BCUT2D eigenvalue weighted by Gasteiger charge is 2.13. The predicted molar refractivity (Wildman–Crippen MR) is 124 cm³/mol. The maximum Gasteiger partial charge on any atom is 0.270 e. The molecule has 13 heteroatoms. The summed E-state index contributed by atoms with van der Waals surface area (Å²) in [5.41, 5.74) is 4.48. The van der Waals surface area contributed by atoms with Gasteiger partial charge in [-0.25, -0.2) is 9.61 Å². The second kappa shape index (κ2) is 8.96. The number of anilines is 3. The van der Waals surface area contributed by atoms with Crippen molar-refractivity contribution in [2.24, 2.45) is 5.10 Å². The van der Waals surface area contributed by atoms with Crippen LogP contribution in [-0.4, -0.2) is 31.4 Å². The van der Waals surface area contributed by atoms with Crippen LogP contribution in [0.1, 0.15) is 5.76 Å². The average Bonchev–Trinajstić information content (AvgIpc) is 3.50. The van der Waals surface area contributed by atoms with Gasteiger partial charge in [-0.1, -0.05) is 23.7 Å². The van der Waals surface area contributed by atoms with E-state index in [1.165, 1.54) is 18.3 Å². The summed E-state index contributed by atoms with van der Waals surface area (Å²) in [6.07, 6.45) is 1.43. The number of benzene rings is 2. The van der Waals surface area contributed by atoms with Crippen LogP contribution in [0, 0.1) is 10.1 Å². The summed E-state index contributed by atoms with van der Waals surface area (Å²) in [6.45, 7) is 0. The van der Waals surface area contributed by atoms with Crippen molar-refractivity contribution in [2.75, 3.05) is 10.7 Å². The predicted octanol–water partition coefficient (Wildman–Crippen LogP) is 5.02. The Kier molecular flexibility index (Phi) is 5.54. The lowest BCUT2D eigenvalue weighted by atomic mass is 10.1. The van der Waals surface area contributed by atoms with E-state index in [9.17, 15) is 10.1 Å². The molecule has 0 aliphatic carbocycles. The van der Waals surface area contributed by atoms with Crippen molar-refractivity contribution in [3.8, 4) is 11.3 Å². The molecule has 168 valence electrons. The van der Waals surface area contributed by atoms with Gasteiger partial charge in [0.1, 0.15) is 11.5 Å². The van der Waals surface area contributed by atoms with Gasteiger partial charge >= 0.3 is 0 Å².